The van der Waals surface area contributed by atoms with E-state index in [1.54, 1.807) is 6.07 Å². The molecule has 3 aromatic rings. The average molecular weight is 390 g/mol. The Morgan fingerprint density at radius 1 is 1.07 bits per heavy atom. The summed E-state index contributed by atoms with van der Waals surface area (Å²) in [6.07, 6.45) is 1.05. The van der Waals surface area contributed by atoms with E-state index in [0.29, 0.717) is 17.2 Å². The lowest BCUT2D eigenvalue weighted by Crippen LogP contribution is -2.07. The van der Waals surface area contributed by atoms with E-state index in [-0.39, 0.29) is 12.5 Å². The highest BCUT2D eigenvalue weighted by molar-refractivity contribution is 5.80. The predicted molar refractivity (Wildman–Crippen MR) is 116 cm³/mol. The third-order valence-electron chi connectivity index (χ3n) is 4.99. The number of hydrogen-bond acceptors (Lipinski definition) is 5. The molecule has 29 heavy (non-hydrogen) atoms. The van der Waals surface area contributed by atoms with Gasteiger partial charge in [-0.1, -0.05) is 37.6 Å². The molecule has 2 heterocycles. The van der Waals surface area contributed by atoms with Crippen LogP contribution in [0.1, 0.15) is 25.8 Å². The minimum atomic E-state index is 0.214. The largest absolute Gasteiger partial charge is 0.507 e. The predicted octanol–water partition coefficient (Wildman–Crippen LogP) is 5.62. The minimum Gasteiger partial charge on any atom is -0.507 e. The van der Waals surface area contributed by atoms with E-state index in [9.17, 15) is 5.11 Å². The molecule has 0 radical (unpaired) electrons. The zero-order chi connectivity index (χ0) is 20.4. The fourth-order valence-electron chi connectivity index (χ4n) is 3.42. The number of benzene rings is 2. The summed E-state index contributed by atoms with van der Waals surface area (Å²) in [5.74, 6) is 3.08. The van der Waals surface area contributed by atoms with Gasteiger partial charge in [0.1, 0.15) is 11.6 Å². The number of nitrogens with one attached hydrogen (secondary N) is 1. The van der Waals surface area contributed by atoms with Gasteiger partial charge in [-0.05, 0) is 55.2 Å². The number of phenolic OH excluding ortho intramolecular Hbond substituents is 1. The van der Waals surface area contributed by atoms with E-state index in [1.165, 1.54) is 0 Å². The summed E-state index contributed by atoms with van der Waals surface area (Å²) in [7, 11) is 0. The minimum absolute atomic E-state index is 0.214. The Morgan fingerprint density at radius 2 is 1.93 bits per heavy atom. The second kappa shape index (κ2) is 8.03. The molecule has 0 saturated carbocycles. The van der Waals surface area contributed by atoms with Crippen LogP contribution >= 0.6 is 0 Å². The van der Waals surface area contributed by atoms with Gasteiger partial charge in [-0.3, -0.25) is 0 Å². The molecule has 2 N–H and O–H groups in total. The van der Waals surface area contributed by atoms with E-state index in [4.69, 9.17) is 14.5 Å². The van der Waals surface area contributed by atoms with Crippen molar-refractivity contribution in [1.29, 1.82) is 0 Å². The standard InChI is InChI=1S/C24H26N2O3/c1-15(2)9-10-25-23-13-17(18-5-4-6-22-24(18)29-14-28-22)12-20(26-23)19-11-16(3)7-8-21(19)27/h4-8,11-13,15,27H,9-10,14H2,1-3H3,(H,25,26). The van der Waals surface area contributed by atoms with Crippen LogP contribution in [0.25, 0.3) is 22.4 Å². The average Bonchev–Trinajstić information content (AvgIpc) is 3.18. The van der Waals surface area contributed by atoms with Crippen LogP contribution in [-0.4, -0.2) is 23.4 Å². The summed E-state index contributed by atoms with van der Waals surface area (Å²) in [5, 5.41) is 13.9. The quantitative estimate of drug-likeness (QED) is 0.572. The Bertz CT molecular complexity index is 1030. The van der Waals surface area contributed by atoms with Crippen LogP contribution in [0.3, 0.4) is 0 Å². The molecule has 0 atom stereocenters. The van der Waals surface area contributed by atoms with Gasteiger partial charge in [0.2, 0.25) is 6.79 Å². The van der Waals surface area contributed by atoms with E-state index < -0.39 is 0 Å². The van der Waals surface area contributed by atoms with Gasteiger partial charge in [-0.2, -0.15) is 0 Å². The molecule has 0 unspecified atom stereocenters. The number of anilines is 1. The van der Waals surface area contributed by atoms with Crippen molar-refractivity contribution in [3.05, 3.63) is 54.1 Å². The molecular formula is C24H26N2O3. The molecule has 0 saturated heterocycles. The van der Waals surface area contributed by atoms with Crippen molar-refractivity contribution in [3.8, 4) is 39.6 Å². The van der Waals surface area contributed by atoms with Crippen LogP contribution in [0.4, 0.5) is 5.82 Å². The highest BCUT2D eigenvalue weighted by atomic mass is 16.7. The number of hydrogen-bond donors (Lipinski definition) is 2. The first-order chi connectivity index (χ1) is 14.0. The van der Waals surface area contributed by atoms with E-state index in [2.05, 4.69) is 19.2 Å². The molecule has 1 aliphatic heterocycles. The normalized spacial score (nSPS) is 12.4. The Hall–Kier alpha value is -3.21. The van der Waals surface area contributed by atoms with Gasteiger partial charge in [-0.15, -0.1) is 0 Å². The Labute approximate surface area is 171 Å². The summed E-state index contributed by atoms with van der Waals surface area (Å²) in [4.78, 5) is 4.78. The van der Waals surface area contributed by atoms with Gasteiger partial charge in [0.15, 0.2) is 11.5 Å². The first-order valence-corrected chi connectivity index (χ1v) is 9.96. The van der Waals surface area contributed by atoms with Crippen molar-refractivity contribution in [2.75, 3.05) is 18.7 Å². The molecule has 0 spiro atoms. The summed E-state index contributed by atoms with van der Waals surface area (Å²) in [6, 6.07) is 15.4. The molecule has 4 rings (SSSR count). The van der Waals surface area contributed by atoms with Gasteiger partial charge < -0.3 is 19.9 Å². The maximum atomic E-state index is 10.4. The number of aromatic hydroxyl groups is 1. The van der Waals surface area contributed by atoms with Crippen molar-refractivity contribution in [2.24, 2.45) is 5.92 Å². The van der Waals surface area contributed by atoms with Crippen molar-refractivity contribution in [1.82, 2.24) is 4.98 Å². The fourth-order valence-corrected chi connectivity index (χ4v) is 3.42. The van der Waals surface area contributed by atoms with Crippen molar-refractivity contribution >= 4 is 5.82 Å². The molecule has 1 aromatic heterocycles. The number of aryl methyl sites for hydroxylation is 1. The third kappa shape index (κ3) is 4.14. The molecule has 1 aliphatic rings. The zero-order valence-corrected chi connectivity index (χ0v) is 17.0. The number of rotatable bonds is 6. The first-order valence-electron chi connectivity index (χ1n) is 9.96. The number of para-hydroxylation sites is 1. The number of aromatic nitrogens is 1. The van der Waals surface area contributed by atoms with Crippen molar-refractivity contribution in [2.45, 2.75) is 27.2 Å². The van der Waals surface area contributed by atoms with Gasteiger partial charge in [0.25, 0.3) is 0 Å². The smallest absolute Gasteiger partial charge is 0.231 e. The molecule has 5 nitrogen and oxygen atoms in total. The lowest BCUT2D eigenvalue weighted by atomic mass is 10.0. The Balaban J connectivity index is 1.80. The van der Waals surface area contributed by atoms with Gasteiger partial charge in [-0.25, -0.2) is 4.98 Å². The SMILES string of the molecule is Cc1ccc(O)c(-c2cc(-c3cccc4c3OCO4)cc(NCCC(C)C)n2)c1. The fraction of sp³-hybridized carbons (Fsp3) is 0.292. The van der Waals surface area contributed by atoms with Crippen LogP contribution in [0.15, 0.2) is 48.5 Å². The van der Waals surface area contributed by atoms with Crippen LogP contribution in [0, 0.1) is 12.8 Å². The molecule has 5 heteroatoms. The Kier molecular flexibility index (Phi) is 5.30. The second-order valence-electron chi connectivity index (χ2n) is 7.80. The van der Waals surface area contributed by atoms with Crippen molar-refractivity contribution < 1.29 is 14.6 Å². The molecule has 150 valence electrons. The molecule has 0 fully saturated rings. The summed E-state index contributed by atoms with van der Waals surface area (Å²) < 4.78 is 11.3. The van der Waals surface area contributed by atoms with Gasteiger partial charge in [0, 0.05) is 17.7 Å². The van der Waals surface area contributed by atoms with Crippen molar-refractivity contribution in [3.63, 3.8) is 0 Å². The van der Waals surface area contributed by atoms with Crippen LogP contribution < -0.4 is 14.8 Å². The van der Waals surface area contributed by atoms with Crippen LogP contribution in [-0.2, 0) is 0 Å². The molecule has 2 aromatic carbocycles. The number of pyridine rings is 1. The first kappa shape index (κ1) is 19.1. The molecular weight excluding hydrogens is 364 g/mol. The summed E-state index contributed by atoms with van der Waals surface area (Å²) >= 11 is 0. The highest BCUT2D eigenvalue weighted by Crippen LogP contribution is 2.43. The highest BCUT2D eigenvalue weighted by Gasteiger charge is 2.20. The second-order valence-corrected chi connectivity index (χ2v) is 7.80. The Morgan fingerprint density at radius 3 is 2.76 bits per heavy atom. The maximum Gasteiger partial charge on any atom is 0.231 e. The number of ether oxygens (including phenoxy) is 2. The third-order valence-corrected chi connectivity index (χ3v) is 4.99. The van der Waals surface area contributed by atoms with Gasteiger partial charge in [0.05, 0.1) is 5.69 Å². The van der Waals surface area contributed by atoms with Crippen LogP contribution in [0.2, 0.25) is 0 Å². The number of phenols is 1. The summed E-state index contributed by atoms with van der Waals surface area (Å²) in [6.45, 7) is 7.46. The van der Waals surface area contributed by atoms with E-state index >= 15 is 0 Å². The maximum absolute atomic E-state index is 10.4. The lowest BCUT2D eigenvalue weighted by Gasteiger charge is -2.14. The molecule has 0 bridgehead atoms. The molecule has 0 amide bonds. The lowest BCUT2D eigenvalue weighted by molar-refractivity contribution is 0.174. The monoisotopic (exact) mass is 390 g/mol. The summed E-state index contributed by atoms with van der Waals surface area (Å²) in [5.41, 5.74) is 4.40. The van der Waals surface area contributed by atoms with Crippen LogP contribution in [0.5, 0.6) is 17.2 Å². The topological polar surface area (TPSA) is 63.6 Å². The number of nitrogens with zero attached hydrogens (tertiary/aromatic N) is 1. The molecule has 0 aliphatic carbocycles. The van der Waals surface area contributed by atoms with Gasteiger partial charge >= 0.3 is 0 Å². The number of fused-ring (bicyclic) bond motifs is 1. The van der Waals surface area contributed by atoms with E-state index in [1.807, 2.05) is 49.4 Å². The van der Waals surface area contributed by atoms with E-state index in [0.717, 1.165) is 47.0 Å². The zero-order valence-electron chi connectivity index (χ0n) is 17.0.